The quantitative estimate of drug-likeness (QED) is 0.445. The van der Waals surface area contributed by atoms with Gasteiger partial charge < -0.3 is 4.98 Å². The van der Waals surface area contributed by atoms with E-state index in [-0.39, 0.29) is 18.0 Å². The van der Waals surface area contributed by atoms with Crippen molar-refractivity contribution < 1.29 is 9.59 Å². The highest BCUT2D eigenvalue weighted by Gasteiger charge is 2.14. The van der Waals surface area contributed by atoms with Gasteiger partial charge in [-0.25, -0.2) is 4.98 Å². The molecule has 0 aliphatic carbocycles. The summed E-state index contributed by atoms with van der Waals surface area (Å²) in [6.07, 6.45) is 1.95. The Labute approximate surface area is 169 Å². The maximum atomic E-state index is 12.3. The van der Waals surface area contributed by atoms with Crippen molar-refractivity contribution in [2.75, 3.05) is 0 Å². The van der Waals surface area contributed by atoms with Gasteiger partial charge in [-0.1, -0.05) is 41.9 Å². The number of aromatic amines is 1. The summed E-state index contributed by atoms with van der Waals surface area (Å²) in [7, 11) is 0. The van der Waals surface area contributed by atoms with E-state index in [0.29, 0.717) is 10.0 Å². The lowest BCUT2D eigenvalue weighted by Crippen LogP contribution is -2.42. The van der Waals surface area contributed by atoms with Gasteiger partial charge in [0, 0.05) is 33.1 Å². The van der Waals surface area contributed by atoms with Gasteiger partial charge in [0.2, 0.25) is 5.91 Å². The van der Waals surface area contributed by atoms with Gasteiger partial charge >= 0.3 is 0 Å². The molecule has 0 saturated carbocycles. The summed E-state index contributed by atoms with van der Waals surface area (Å²) in [5, 5.41) is 3.96. The third-order valence-corrected chi connectivity index (χ3v) is 5.31. The molecule has 2 aromatic heterocycles. The van der Waals surface area contributed by atoms with Crippen LogP contribution in [0.5, 0.6) is 0 Å². The predicted molar refractivity (Wildman–Crippen MR) is 110 cm³/mol. The van der Waals surface area contributed by atoms with Crippen LogP contribution in [0, 0.1) is 0 Å². The van der Waals surface area contributed by atoms with Crippen LogP contribution in [0.4, 0.5) is 0 Å². The second kappa shape index (κ2) is 7.84. The van der Waals surface area contributed by atoms with E-state index in [4.69, 9.17) is 11.6 Å². The zero-order chi connectivity index (χ0) is 19.5. The average Bonchev–Trinajstić information content (AvgIpc) is 3.35. The Morgan fingerprint density at radius 3 is 2.68 bits per heavy atom. The largest absolute Gasteiger partial charge is 0.361 e. The van der Waals surface area contributed by atoms with Crippen molar-refractivity contribution in [2.45, 2.75) is 6.42 Å². The third-order valence-electron chi connectivity index (χ3n) is 4.17. The number of fused-ring (bicyclic) bond motifs is 1. The van der Waals surface area contributed by atoms with E-state index in [2.05, 4.69) is 20.8 Å². The molecule has 0 saturated heterocycles. The normalized spacial score (nSPS) is 10.8. The van der Waals surface area contributed by atoms with Crippen molar-refractivity contribution in [2.24, 2.45) is 0 Å². The Kier molecular flexibility index (Phi) is 5.10. The van der Waals surface area contributed by atoms with Gasteiger partial charge in [0.25, 0.3) is 5.91 Å². The van der Waals surface area contributed by atoms with Gasteiger partial charge in [0.05, 0.1) is 6.42 Å². The first-order chi connectivity index (χ1) is 13.6. The first kappa shape index (κ1) is 18.2. The number of carbonyl (C=O) groups is 2. The molecule has 0 radical (unpaired) electrons. The molecular weight excluding hydrogens is 396 g/mol. The van der Waals surface area contributed by atoms with Crippen LogP contribution < -0.4 is 10.9 Å². The number of benzene rings is 2. The van der Waals surface area contributed by atoms with Gasteiger partial charge in [-0.2, -0.15) is 0 Å². The number of hydrazine groups is 1. The number of H-pyrrole nitrogens is 1. The first-order valence-electron chi connectivity index (χ1n) is 8.46. The molecule has 2 aromatic carbocycles. The molecular formula is C20H15ClN4O2S. The lowest BCUT2D eigenvalue weighted by atomic mass is 10.1. The van der Waals surface area contributed by atoms with Crippen molar-refractivity contribution in [1.29, 1.82) is 0 Å². The molecule has 4 aromatic rings. The number of hydrogen-bond acceptors (Lipinski definition) is 4. The summed E-state index contributed by atoms with van der Waals surface area (Å²) in [6, 6.07) is 14.9. The fraction of sp³-hybridized carbons (Fsp3) is 0.0500. The van der Waals surface area contributed by atoms with Gasteiger partial charge in [0.15, 0.2) is 0 Å². The summed E-state index contributed by atoms with van der Waals surface area (Å²) in [4.78, 5) is 31.9. The number of thiazole rings is 1. The van der Waals surface area contributed by atoms with E-state index in [9.17, 15) is 9.59 Å². The minimum Gasteiger partial charge on any atom is -0.361 e. The van der Waals surface area contributed by atoms with E-state index in [1.165, 1.54) is 11.3 Å². The number of amides is 2. The highest BCUT2D eigenvalue weighted by atomic mass is 35.5. The van der Waals surface area contributed by atoms with E-state index >= 15 is 0 Å². The number of aromatic nitrogens is 2. The van der Waals surface area contributed by atoms with E-state index < -0.39 is 5.91 Å². The second-order valence-electron chi connectivity index (χ2n) is 6.08. The molecule has 0 spiro atoms. The Balaban J connectivity index is 1.36. The molecule has 0 atom stereocenters. The molecule has 0 unspecified atom stereocenters. The molecule has 2 heterocycles. The molecule has 4 rings (SSSR count). The molecule has 0 bridgehead atoms. The zero-order valence-corrected chi connectivity index (χ0v) is 16.1. The van der Waals surface area contributed by atoms with E-state index in [1.807, 2.05) is 36.4 Å². The Bertz CT molecular complexity index is 1150. The van der Waals surface area contributed by atoms with Crippen molar-refractivity contribution >= 4 is 45.7 Å². The fourth-order valence-electron chi connectivity index (χ4n) is 2.79. The fourth-order valence-corrected chi connectivity index (χ4v) is 3.72. The minimum absolute atomic E-state index is 0.150. The lowest BCUT2D eigenvalue weighted by Gasteiger charge is -2.05. The van der Waals surface area contributed by atoms with Crippen LogP contribution in [-0.4, -0.2) is 21.8 Å². The van der Waals surface area contributed by atoms with Gasteiger partial charge in [-0.3, -0.25) is 20.4 Å². The number of carbonyl (C=O) groups excluding carboxylic acids is 2. The molecule has 0 aliphatic rings. The predicted octanol–water partition coefficient (Wildman–Crippen LogP) is 3.95. The van der Waals surface area contributed by atoms with Crippen LogP contribution >= 0.6 is 22.9 Å². The summed E-state index contributed by atoms with van der Waals surface area (Å²) >= 11 is 7.23. The van der Waals surface area contributed by atoms with Crippen LogP contribution in [0.2, 0.25) is 5.02 Å². The van der Waals surface area contributed by atoms with Crippen LogP contribution in [0.25, 0.3) is 21.5 Å². The number of hydrogen-bond donors (Lipinski definition) is 3. The van der Waals surface area contributed by atoms with Crippen molar-refractivity contribution in [3.63, 3.8) is 0 Å². The zero-order valence-electron chi connectivity index (χ0n) is 14.5. The topological polar surface area (TPSA) is 86.9 Å². The number of halogens is 1. The van der Waals surface area contributed by atoms with Crippen LogP contribution in [0.3, 0.4) is 0 Å². The molecule has 0 aliphatic heterocycles. The molecule has 28 heavy (non-hydrogen) atoms. The summed E-state index contributed by atoms with van der Waals surface area (Å²) in [5.74, 6) is -0.782. The van der Waals surface area contributed by atoms with Gasteiger partial charge in [0.1, 0.15) is 10.7 Å². The van der Waals surface area contributed by atoms with Crippen molar-refractivity contribution in [1.82, 2.24) is 20.8 Å². The van der Waals surface area contributed by atoms with Crippen LogP contribution in [0.1, 0.15) is 16.1 Å². The number of nitrogens with one attached hydrogen (secondary N) is 3. The van der Waals surface area contributed by atoms with Gasteiger partial charge in [-0.15, -0.1) is 11.3 Å². The first-order valence-corrected chi connectivity index (χ1v) is 9.71. The third kappa shape index (κ3) is 3.90. The second-order valence-corrected chi connectivity index (χ2v) is 7.38. The number of rotatable bonds is 4. The molecule has 2 amide bonds. The molecule has 140 valence electrons. The monoisotopic (exact) mass is 410 g/mol. The van der Waals surface area contributed by atoms with E-state index in [0.717, 1.165) is 22.0 Å². The maximum absolute atomic E-state index is 12.3. The van der Waals surface area contributed by atoms with Crippen molar-refractivity contribution in [3.8, 4) is 10.6 Å². The molecule has 0 fully saturated rings. The number of para-hydroxylation sites is 1. The van der Waals surface area contributed by atoms with E-state index in [1.54, 1.807) is 23.7 Å². The minimum atomic E-state index is -0.469. The molecule has 8 heteroatoms. The highest BCUT2D eigenvalue weighted by molar-refractivity contribution is 7.13. The highest BCUT2D eigenvalue weighted by Crippen LogP contribution is 2.25. The molecule has 3 N–H and O–H groups in total. The van der Waals surface area contributed by atoms with Crippen LogP contribution in [-0.2, 0) is 11.2 Å². The maximum Gasteiger partial charge on any atom is 0.289 e. The molecule has 6 nitrogen and oxygen atoms in total. The van der Waals surface area contributed by atoms with Crippen LogP contribution in [0.15, 0.2) is 60.1 Å². The van der Waals surface area contributed by atoms with Crippen molar-refractivity contribution in [3.05, 3.63) is 76.4 Å². The average molecular weight is 411 g/mol. The summed E-state index contributed by atoms with van der Waals surface area (Å²) in [6.45, 7) is 0. The number of nitrogens with zero attached hydrogens (tertiary/aromatic N) is 1. The van der Waals surface area contributed by atoms with Gasteiger partial charge in [-0.05, 0) is 23.8 Å². The standard InChI is InChI=1S/C20H15ClN4O2S/c21-14-7-5-12(6-8-14)20-23-17(11-28-20)19(27)25-24-18(26)9-13-10-22-16-4-2-1-3-15(13)16/h1-8,10-11,22H,9H2,(H,24,26)(H,25,27). The Morgan fingerprint density at radius 1 is 1.07 bits per heavy atom. The SMILES string of the molecule is O=C(Cc1c[nH]c2ccccc12)NNC(=O)c1csc(-c2ccc(Cl)cc2)n1. The smallest absolute Gasteiger partial charge is 0.289 e. The Morgan fingerprint density at radius 2 is 1.86 bits per heavy atom. The summed E-state index contributed by atoms with van der Waals surface area (Å²) in [5.41, 5.74) is 7.78. The summed E-state index contributed by atoms with van der Waals surface area (Å²) < 4.78 is 0. The lowest BCUT2D eigenvalue weighted by molar-refractivity contribution is -0.121. The Hall–Kier alpha value is -3.16.